The molecule has 0 spiro atoms. The number of fused-ring (bicyclic) bond motifs is 5. The number of amides is 2. The summed E-state index contributed by atoms with van der Waals surface area (Å²) in [6, 6.07) is 25.9. The molecular weight excluding hydrogens is 402 g/mol. The Bertz CT molecular complexity index is 1540. The fraction of sp³-hybridized carbons (Fsp3) is 0.0370. The van der Waals surface area contributed by atoms with Crippen LogP contribution in [0.25, 0.3) is 33.1 Å². The number of carbonyl (C=O) groups is 2. The lowest BCUT2D eigenvalue weighted by molar-refractivity contribution is 0.0926. The van der Waals surface area contributed by atoms with E-state index in [1.54, 1.807) is 18.2 Å². The second-order valence-electron chi connectivity index (χ2n) is 7.77. The summed E-state index contributed by atoms with van der Waals surface area (Å²) < 4.78 is 12.4. The number of aryl methyl sites for hydroxylation is 1. The molecule has 6 rings (SSSR count). The number of hydrogen-bond donors (Lipinski definition) is 0. The lowest BCUT2D eigenvalue weighted by atomic mass is 10.1. The number of rotatable bonds is 1. The van der Waals surface area contributed by atoms with Crippen LogP contribution in [0.3, 0.4) is 0 Å². The lowest BCUT2D eigenvalue weighted by Crippen LogP contribution is -2.29. The maximum absolute atomic E-state index is 13.3. The summed E-state index contributed by atoms with van der Waals surface area (Å²) in [7, 11) is 0. The molecule has 1 aliphatic rings. The third-order valence-electron chi connectivity index (χ3n) is 5.81. The van der Waals surface area contributed by atoms with Gasteiger partial charge < -0.3 is 8.83 Å². The summed E-state index contributed by atoms with van der Waals surface area (Å²) in [5.41, 5.74) is 4.09. The van der Waals surface area contributed by atoms with Crippen LogP contribution in [0.4, 0.5) is 5.69 Å². The van der Waals surface area contributed by atoms with Crippen LogP contribution in [0.2, 0.25) is 0 Å². The number of benzene rings is 4. The topological polar surface area (TPSA) is 63.7 Å². The van der Waals surface area contributed by atoms with E-state index in [0.717, 1.165) is 16.3 Å². The normalized spacial score (nSPS) is 13.2. The van der Waals surface area contributed by atoms with Gasteiger partial charge in [0.2, 0.25) is 0 Å². The maximum atomic E-state index is 13.3. The zero-order chi connectivity index (χ0) is 21.8. The van der Waals surface area contributed by atoms with E-state index in [2.05, 4.69) is 0 Å². The Kier molecular flexibility index (Phi) is 3.92. The zero-order valence-electron chi connectivity index (χ0n) is 17.2. The van der Waals surface area contributed by atoms with Gasteiger partial charge in [-0.15, -0.1) is 0 Å². The highest BCUT2D eigenvalue weighted by Gasteiger charge is 2.38. The number of para-hydroxylation sites is 3. The second kappa shape index (κ2) is 6.82. The molecule has 0 unspecified atom stereocenters. The summed E-state index contributed by atoms with van der Waals surface area (Å²) in [6.07, 6.45) is 0. The molecular formula is C27H17NO4. The third-order valence-corrected chi connectivity index (χ3v) is 5.81. The quantitative estimate of drug-likeness (QED) is 0.288. The van der Waals surface area contributed by atoms with Crippen LogP contribution in [0.5, 0.6) is 0 Å². The predicted molar refractivity (Wildman–Crippen MR) is 123 cm³/mol. The van der Waals surface area contributed by atoms with E-state index in [9.17, 15) is 9.59 Å². The van der Waals surface area contributed by atoms with Crippen LogP contribution in [-0.2, 0) is 0 Å². The standard InChI is InChI=1S/C27H17NO4/c1-16-8-2-5-11-21(16)28-26(29)19-14-24-25(15-20(19)27(28)30)32-23-13-7-4-10-18(23)17-9-3-6-12-22(17)31-24/h2-15H,1H3. The van der Waals surface area contributed by atoms with Crippen LogP contribution in [0.15, 0.2) is 93.8 Å². The van der Waals surface area contributed by atoms with Gasteiger partial charge in [0.05, 0.1) is 16.8 Å². The van der Waals surface area contributed by atoms with E-state index in [4.69, 9.17) is 8.83 Å². The Balaban J connectivity index is 1.67. The highest BCUT2D eigenvalue weighted by molar-refractivity contribution is 6.35. The van der Waals surface area contributed by atoms with Crippen LogP contribution >= 0.6 is 0 Å². The van der Waals surface area contributed by atoms with Gasteiger partial charge in [0.15, 0.2) is 11.2 Å². The van der Waals surface area contributed by atoms with Gasteiger partial charge in [0.1, 0.15) is 11.2 Å². The third kappa shape index (κ3) is 2.65. The molecule has 5 nitrogen and oxygen atoms in total. The van der Waals surface area contributed by atoms with E-state index in [0.29, 0.717) is 39.1 Å². The van der Waals surface area contributed by atoms with E-state index in [1.807, 2.05) is 73.7 Å². The largest absolute Gasteiger partial charge is 0.453 e. The Labute approximate surface area is 182 Å². The molecule has 1 aromatic heterocycles. The van der Waals surface area contributed by atoms with Crippen molar-refractivity contribution >= 4 is 50.6 Å². The fourth-order valence-electron chi connectivity index (χ4n) is 4.23. The highest BCUT2D eigenvalue weighted by Crippen LogP contribution is 2.34. The molecule has 0 radical (unpaired) electrons. The van der Waals surface area contributed by atoms with Crippen molar-refractivity contribution in [2.75, 3.05) is 4.90 Å². The maximum Gasteiger partial charge on any atom is 0.266 e. The van der Waals surface area contributed by atoms with E-state index in [1.165, 1.54) is 4.90 Å². The molecule has 154 valence electrons. The van der Waals surface area contributed by atoms with Crippen LogP contribution < -0.4 is 4.90 Å². The average molecular weight is 419 g/mol. The molecule has 2 heterocycles. The van der Waals surface area contributed by atoms with Gasteiger partial charge in [-0.2, -0.15) is 0 Å². The zero-order valence-corrected chi connectivity index (χ0v) is 17.2. The Morgan fingerprint density at radius 3 is 1.59 bits per heavy atom. The molecule has 32 heavy (non-hydrogen) atoms. The first-order valence-electron chi connectivity index (χ1n) is 10.3. The Hall–Kier alpha value is -4.38. The molecule has 0 saturated carbocycles. The van der Waals surface area contributed by atoms with Crippen molar-refractivity contribution in [3.63, 3.8) is 0 Å². The second-order valence-corrected chi connectivity index (χ2v) is 7.77. The van der Waals surface area contributed by atoms with Gasteiger partial charge in [-0.1, -0.05) is 54.6 Å². The van der Waals surface area contributed by atoms with E-state index < -0.39 is 0 Å². The first kappa shape index (κ1) is 18.4. The summed E-state index contributed by atoms with van der Waals surface area (Å²) in [5.74, 6) is -0.747. The molecule has 4 aromatic carbocycles. The molecule has 0 N–H and O–H groups in total. The van der Waals surface area contributed by atoms with Crippen LogP contribution in [-0.4, -0.2) is 11.8 Å². The summed E-state index contributed by atoms with van der Waals surface area (Å²) in [4.78, 5) is 27.7. The van der Waals surface area contributed by atoms with Gasteiger partial charge in [-0.25, -0.2) is 4.90 Å². The minimum Gasteiger partial charge on any atom is -0.453 e. The van der Waals surface area contributed by atoms with Crippen LogP contribution in [0.1, 0.15) is 26.3 Å². The van der Waals surface area contributed by atoms with Crippen LogP contribution in [0, 0.1) is 6.92 Å². The van der Waals surface area contributed by atoms with Gasteiger partial charge in [0.25, 0.3) is 11.8 Å². The van der Waals surface area contributed by atoms with Crippen molar-refractivity contribution in [2.45, 2.75) is 6.92 Å². The number of hydrogen-bond acceptors (Lipinski definition) is 4. The van der Waals surface area contributed by atoms with Crippen molar-refractivity contribution in [1.82, 2.24) is 0 Å². The minimum atomic E-state index is -0.374. The predicted octanol–water partition coefficient (Wildman–Crippen LogP) is 6.57. The fourth-order valence-corrected chi connectivity index (χ4v) is 4.23. The molecule has 0 aliphatic carbocycles. The van der Waals surface area contributed by atoms with Crippen molar-refractivity contribution in [2.24, 2.45) is 0 Å². The van der Waals surface area contributed by atoms with Crippen molar-refractivity contribution in [3.05, 3.63) is 102 Å². The molecule has 1 aliphatic heterocycles. The smallest absolute Gasteiger partial charge is 0.266 e. The van der Waals surface area contributed by atoms with Crippen molar-refractivity contribution < 1.29 is 18.4 Å². The van der Waals surface area contributed by atoms with E-state index >= 15 is 0 Å². The SMILES string of the molecule is Cc1ccccc1N1C(=O)c2cc3oc4ccccc4c4ccccc4oc3cc2C1=O. The monoisotopic (exact) mass is 419 g/mol. The van der Waals surface area contributed by atoms with Crippen molar-refractivity contribution in [1.29, 1.82) is 0 Å². The summed E-state index contributed by atoms with van der Waals surface area (Å²) in [6.45, 7) is 1.87. The first-order chi connectivity index (χ1) is 15.6. The Morgan fingerprint density at radius 1 is 0.594 bits per heavy atom. The average Bonchev–Trinajstić information content (AvgIpc) is 3.03. The molecule has 5 heteroatoms. The molecule has 0 fully saturated rings. The molecule has 2 amide bonds. The van der Waals surface area contributed by atoms with Gasteiger partial charge in [-0.05, 0) is 42.8 Å². The number of nitrogens with zero attached hydrogens (tertiary/aromatic N) is 1. The molecule has 0 bridgehead atoms. The first-order valence-corrected chi connectivity index (χ1v) is 10.3. The van der Waals surface area contributed by atoms with Gasteiger partial charge in [-0.3, -0.25) is 9.59 Å². The number of carbonyl (C=O) groups excluding carboxylic acids is 2. The number of imide groups is 1. The number of anilines is 1. The summed E-state index contributed by atoms with van der Waals surface area (Å²) in [5, 5.41) is 1.77. The van der Waals surface area contributed by atoms with Gasteiger partial charge in [0, 0.05) is 10.8 Å². The summed E-state index contributed by atoms with van der Waals surface area (Å²) >= 11 is 0. The van der Waals surface area contributed by atoms with Crippen molar-refractivity contribution in [3.8, 4) is 0 Å². The molecule has 5 aromatic rings. The molecule has 0 atom stereocenters. The van der Waals surface area contributed by atoms with E-state index in [-0.39, 0.29) is 11.8 Å². The van der Waals surface area contributed by atoms with Gasteiger partial charge >= 0.3 is 0 Å². The molecule has 0 saturated heterocycles. The lowest BCUT2D eigenvalue weighted by Gasteiger charge is -2.16. The minimum absolute atomic E-state index is 0.298. The Morgan fingerprint density at radius 2 is 1.06 bits per heavy atom. The highest BCUT2D eigenvalue weighted by atomic mass is 16.4.